The van der Waals surface area contributed by atoms with E-state index in [-0.39, 0.29) is 5.91 Å². The fraction of sp³-hybridized carbons (Fsp3) is 0.600. The van der Waals surface area contributed by atoms with Gasteiger partial charge in [0.05, 0.1) is 6.54 Å². The number of likely N-dealkylation sites (N-methyl/N-ethyl adjacent to an activating group) is 1. The van der Waals surface area contributed by atoms with Crippen molar-refractivity contribution >= 4 is 11.9 Å². The van der Waals surface area contributed by atoms with Gasteiger partial charge in [-0.1, -0.05) is 26.0 Å². The van der Waals surface area contributed by atoms with Crippen LogP contribution in [0, 0.1) is 0 Å². The van der Waals surface area contributed by atoms with Crippen LogP contribution in [0.25, 0.3) is 0 Å². The highest BCUT2D eigenvalue weighted by atomic mass is 16.1. The van der Waals surface area contributed by atoms with Gasteiger partial charge in [0, 0.05) is 31.7 Å². The van der Waals surface area contributed by atoms with E-state index < -0.39 is 0 Å². The van der Waals surface area contributed by atoms with Gasteiger partial charge in [-0.2, -0.15) is 0 Å². The number of guanidine groups is 1. The highest BCUT2D eigenvalue weighted by molar-refractivity contribution is 5.94. The number of benzene rings is 1. The van der Waals surface area contributed by atoms with Crippen LogP contribution >= 0.6 is 0 Å². The van der Waals surface area contributed by atoms with Gasteiger partial charge in [-0.3, -0.25) is 14.7 Å². The summed E-state index contributed by atoms with van der Waals surface area (Å²) in [6.45, 7) is 13.1. The number of carbonyl (C=O) groups is 1. The van der Waals surface area contributed by atoms with Crippen molar-refractivity contribution in [3.8, 4) is 0 Å². The molecule has 26 heavy (non-hydrogen) atoms. The first-order valence-corrected chi connectivity index (χ1v) is 9.62. The molecule has 0 bridgehead atoms. The maximum absolute atomic E-state index is 11.7. The number of carbonyl (C=O) groups excluding carboxylic acids is 1. The van der Waals surface area contributed by atoms with Crippen molar-refractivity contribution < 1.29 is 4.79 Å². The summed E-state index contributed by atoms with van der Waals surface area (Å²) in [6, 6.07) is 8.15. The molecule has 6 heteroatoms. The Balaban J connectivity index is 2.58. The van der Waals surface area contributed by atoms with Crippen LogP contribution in [0.2, 0.25) is 0 Å². The van der Waals surface area contributed by atoms with E-state index in [1.807, 2.05) is 24.3 Å². The monoisotopic (exact) mass is 361 g/mol. The van der Waals surface area contributed by atoms with Crippen LogP contribution in [-0.2, 0) is 6.42 Å². The normalized spacial score (nSPS) is 12.8. The average molecular weight is 362 g/mol. The molecule has 0 aliphatic carbocycles. The molecule has 1 amide bonds. The molecule has 1 aromatic rings. The Morgan fingerprint density at radius 1 is 1.19 bits per heavy atom. The summed E-state index contributed by atoms with van der Waals surface area (Å²) in [5.41, 5.74) is 1.82. The van der Waals surface area contributed by atoms with Crippen LogP contribution in [0.15, 0.2) is 29.3 Å². The molecule has 1 unspecified atom stereocenters. The molecule has 0 saturated carbocycles. The van der Waals surface area contributed by atoms with Crippen LogP contribution in [0.1, 0.15) is 43.6 Å². The smallest absolute Gasteiger partial charge is 0.251 e. The molecule has 0 radical (unpaired) electrons. The zero-order valence-electron chi connectivity index (χ0n) is 16.9. The van der Waals surface area contributed by atoms with Gasteiger partial charge in [0.25, 0.3) is 5.91 Å². The van der Waals surface area contributed by atoms with Gasteiger partial charge < -0.3 is 16.0 Å². The molecule has 1 rings (SSSR count). The summed E-state index contributed by atoms with van der Waals surface area (Å²) in [5, 5.41) is 9.33. The van der Waals surface area contributed by atoms with Crippen molar-refractivity contribution in [1.82, 2.24) is 20.9 Å². The largest absolute Gasteiger partial charge is 0.357 e. The van der Waals surface area contributed by atoms with E-state index in [2.05, 4.69) is 48.5 Å². The Morgan fingerprint density at radius 3 is 2.54 bits per heavy atom. The molecule has 0 aromatic heterocycles. The van der Waals surface area contributed by atoms with Crippen molar-refractivity contribution in [2.75, 3.05) is 39.8 Å². The van der Waals surface area contributed by atoms with E-state index in [1.54, 1.807) is 7.05 Å². The van der Waals surface area contributed by atoms with Crippen LogP contribution in [0.5, 0.6) is 0 Å². The Hall–Kier alpha value is -2.08. The minimum Gasteiger partial charge on any atom is -0.357 e. The molecule has 6 nitrogen and oxygen atoms in total. The quantitative estimate of drug-likeness (QED) is 0.440. The first kappa shape index (κ1) is 22.0. The molecule has 3 N–H and O–H groups in total. The third-order valence-electron chi connectivity index (χ3n) is 4.42. The molecule has 0 aliphatic heterocycles. The Bertz CT molecular complexity index is 569. The number of nitrogens with zero attached hydrogens (tertiary/aromatic N) is 2. The summed E-state index contributed by atoms with van der Waals surface area (Å²) in [4.78, 5) is 18.8. The molecule has 146 valence electrons. The molecule has 0 aliphatic rings. The minimum absolute atomic E-state index is 0.0555. The Kier molecular flexibility index (Phi) is 10.4. The highest BCUT2D eigenvalue weighted by Gasteiger charge is 2.09. The molecular weight excluding hydrogens is 326 g/mol. The number of rotatable bonds is 10. The number of amides is 1. The maximum atomic E-state index is 11.7. The summed E-state index contributed by atoms with van der Waals surface area (Å²) in [7, 11) is 1.65. The van der Waals surface area contributed by atoms with Crippen LogP contribution in [0.4, 0.5) is 0 Å². The van der Waals surface area contributed by atoms with E-state index in [9.17, 15) is 4.79 Å². The first-order chi connectivity index (χ1) is 12.5. The molecule has 0 spiro atoms. The van der Waals surface area contributed by atoms with Crippen molar-refractivity contribution in [3.63, 3.8) is 0 Å². The van der Waals surface area contributed by atoms with Crippen molar-refractivity contribution in [3.05, 3.63) is 35.4 Å². The lowest BCUT2D eigenvalue weighted by Gasteiger charge is -2.25. The van der Waals surface area contributed by atoms with Crippen LogP contribution in [-0.4, -0.2) is 62.6 Å². The zero-order chi connectivity index (χ0) is 19.4. The van der Waals surface area contributed by atoms with E-state index in [1.165, 1.54) is 0 Å². The second-order valence-electron chi connectivity index (χ2n) is 6.25. The van der Waals surface area contributed by atoms with Crippen molar-refractivity contribution in [1.29, 1.82) is 0 Å². The molecule has 0 saturated heterocycles. The topological polar surface area (TPSA) is 68.8 Å². The molecule has 1 atom stereocenters. The van der Waals surface area contributed by atoms with Crippen LogP contribution < -0.4 is 16.0 Å². The minimum atomic E-state index is -0.0555. The van der Waals surface area contributed by atoms with Gasteiger partial charge in [-0.05, 0) is 51.1 Å². The van der Waals surface area contributed by atoms with E-state index >= 15 is 0 Å². The maximum Gasteiger partial charge on any atom is 0.251 e. The second-order valence-corrected chi connectivity index (χ2v) is 6.25. The predicted molar refractivity (Wildman–Crippen MR) is 110 cm³/mol. The average Bonchev–Trinajstić information content (AvgIpc) is 2.66. The molecular formula is C20H35N5O. The van der Waals surface area contributed by atoms with E-state index in [0.29, 0.717) is 11.6 Å². The van der Waals surface area contributed by atoms with E-state index in [0.717, 1.165) is 50.7 Å². The fourth-order valence-corrected chi connectivity index (χ4v) is 2.87. The lowest BCUT2D eigenvalue weighted by Crippen LogP contribution is -2.40. The Labute approximate surface area is 158 Å². The van der Waals surface area contributed by atoms with Gasteiger partial charge in [-0.15, -0.1) is 0 Å². The summed E-state index contributed by atoms with van der Waals surface area (Å²) in [6.07, 6.45) is 0.834. The number of hydrogen-bond donors (Lipinski definition) is 3. The number of nitrogens with one attached hydrogen (secondary N) is 3. The molecule has 0 heterocycles. The fourth-order valence-electron chi connectivity index (χ4n) is 2.87. The SMILES string of the molecule is CCNC(=NCC(C)N(CC)CC)NCCc1cccc(C(=O)NC)c1. The van der Waals surface area contributed by atoms with Gasteiger partial charge in [0.15, 0.2) is 5.96 Å². The highest BCUT2D eigenvalue weighted by Crippen LogP contribution is 2.05. The molecule has 0 fully saturated rings. The summed E-state index contributed by atoms with van der Waals surface area (Å²) < 4.78 is 0. The standard InChI is InChI=1S/C20H35N5O/c1-6-22-20(24-15-16(4)25(7-2)8-3)23-13-12-17-10-9-11-18(14-17)19(26)21-5/h9-11,14,16H,6-8,12-13,15H2,1-5H3,(H,21,26)(H2,22,23,24). The van der Waals surface area contributed by atoms with E-state index in [4.69, 9.17) is 4.99 Å². The zero-order valence-corrected chi connectivity index (χ0v) is 16.9. The van der Waals surface area contributed by atoms with Gasteiger partial charge >= 0.3 is 0 Å². The third-order valence-corrected chi connectivity index (χ3v) is 4.42. The Morgan fingerprint density at radius 2 is 1.92 bits per heavy atom. The summed E-state index contributed by atoms with van der Waals surface area (Å²) >= 11 is 0. The third kappa shape index (κ3) is 7.44. The van der Waals surface area contributed by atoms with Gasteiger partial charge in [0.1, 0.15) is 0 Å². The lowest BCUT2D eigenvalue weighted by atomic mass is 10.1. The van der Waals surface area contributed by atoms with Crippen molar-refractivity contribution in [2.45, 2.75) is 40.2 Å². The van der Waals surface area contributed by atoms with Gasteiger partial charge in [-0.25, -0.2) is 0 Å². The second kappa shape index (κ2) is 12.3. The van der Waals surface area contributed by atoms with Crippen molar-refractivity contribution in [2.24, 2.45) is 4.99 Å². The van der Waals surface area contributed by atoms with Crippen LogP contribution in [0.3, 0.4) is 0 Å². The number of aliphatic imine (C=N–C) groups is 1. The lowest BCUT2D eigenvalue weighted by molar-refractivity contribution is 0.0963. The predicted octanol–water partition coefficient (Wildman–Crippen LogP) is 1.87. The van der Waals surface area contributed by atoms with Gasteiger partial charge in [0.2, 0.25) is 0 Å². The first-order valence-electron chi connectivity index (χ1n) is 9.62. The number of hydrogen-bond acceptors (Lipinski definition) is 3. The molecule has 1 aromatic carbocycles. The summed E-state index contributed by atoms with van der Waals surface area (Å²) in [5.74, 6) is 0.786.